The predicted molar refractivity (Wildman–Crippen MR) is 76.8 cm³/mol. The summed E-state index contributed by atoms with van der Waals surface area (Å²) in [4.78, 5) is 26.8. The first-order valence-corrected chi connectivity index (χ1v) is 7.58. The lowest BCUT2D eigenvalue weighted by Gasteiger charge is -2.49. The second-order valence-corrected chi connectivity index (χ2v) is 5.69. The molecule has 0 saturated carbocycles. The van der Waals surface area contributed by atoms with Crippen molar-refractivity contribution in [2.75, 3.05) is 0 Å². The van der Waals surface area contributed by atoms with Crippen molar-refractivity contribution in [3.63, 3.8) is 0 Å². The van der Waals surface area contributed by atoms with E-state index in [1.165, 1.54) is 0 Å². The maximum absolute atomic E-state index is 12.7. The van der Waals surface area contributed by atoms with Gasteiger partial charge in [-0.3, -0.25) is 9.59 Å². The Labute approximate surface area is 116 Å². The molecule has 1 fully saturated rings. The van der Waals surface area contributed by atoms with Crippen LogP contribution in [0, 0.1) is 0 Å². The van der Waals surface area contributed by atoms with E-state index in [1.54, 1.807) is 0 Å². The van der Waals surface area contributed by atoms with Crippen LogP contribution < -0.4 is 5.32 Å². The molecule has 0 radical (unpaired) electrons. The Bertz CT molecular complexity index is 337. The molecule has 0 aromatic rings. The predicted octanol–water partition coefficient (Wildman–Crippen LogP) is 2.47. The van der Waals surface area contributed by atoms with E-state index in [0.29, 0.717) is 6.42 Å². The maximum atomic E-state index is 12.7. The standard InChI is InChI=1S/C15H28N2O2/c1-6-10-11-14(19)17(15(5,8-3)9-4)12(7-2)13(18)16-11/h11-12H,6-10H2,1-5H3,(H,16,18). The number of hydrogen-bond donors (Lipinski definition) is 1. The van der Waals surface area contributed by atoms with Gasteiger partial charge in [0.15, 0.2) is 0 Å². The Morgan fingerprint density at radius 1 is 1.16 bits per heavy atom. The Hall–Kier alpha value is -1.06. The highest BCUT2D eigenvalue weighted by Crippen LogP contribution is 2.30. The second-order valence-electron chi connectivity index (χ2n) is 5.69. The number of amides is 2. The maximum Gasteiger partial charge on any atom is 0.246 e. The van der Waals surface area contributed by atoms with Gasteiger partial charge >= 0.3 is 0 Å². The largest absolute Gasteiger partial charge is 0.343 e. The van der Waals surface area contributed by atoms with Gasteiger partial charge in [0.1, 0.15) is 12.1 Å². The number of carbonyl (C=O) groups excluding carboxylic acids is 2. The van der Waals surface area contributed by atoms with Crippen LogP contribution in [0.2, 0.25) is 0 Å². The molecule has 0 aromatic carbocycles. The Morgan fingerprint density at radius 2 is 1.74 bits per heavy atom. The summed E-state index contributed by atoms with van der Waals surface area (Å²) in [6, 6.07) is -0.650. The SMILES string of the molecule is CCCC1NC(=O)C(CC)N(C(C)(CC)CC)C1=O. The summed E-state index contributed by atoms with van der Waals surface area (Å²) in [6.45, 7) is 10.3. The third-order valence-corrected chi connectivity index (χ3v) is 4.54. The molecule has 19 heavy (non-hydrogen) atoms. The van der Waals surface area contributed by atoms with E-state index in [4.69, 9.17) is 0 Å². The molecule has 1 N–H and O–H groups in total. The summed E-state index contributed by atoms with van der Waals surface area (Å²) < 4.78 is 0. The summed E-state index contributed by atoms with van der Waals surface area (Å²) in [5.74, 6) is 0.105. The van der Waals surface area contributed by atoms with Crippen LogP contribution in [0.25, 0.3) is 0 Å². The molecule has 0 aliphatic carbocycles. The van der Waals surface area contributed by atoms with Gasteiger partial charge in [0.05, 0.1) is 0 Å². The molecule has 110 valence electrons. The minimum absolute atomic E-state index is 0.00803. The average Bonchev–Trinajstić information content (AvgIpc) is 2.41. The van der Waals surface area contributed by atoms with Crippen LogP contribution in [0.1, 0.15) is 66.7 Å². The first-order valence-electron chi connectivity index (χ1n) is 7.58. The van der Waals surface area contributed by atoms with Crippen molar-refractivity contribution in [1.29, 1.82) is 0 Å². The monoisotopic (exact) mass is 268 g/mol. The minimum atomic E-state index is -0.335. The van der Waals surface area contributed by atoms with Crippen LogP contribution in [-0.4, -0.2) is 34.3 Å². The number of hydrogen-bond acceptors (Lipinski definition) is 2. The fourth-order valence-corrected chi connectivity index (χ4v) is 2.85. The number of nitrogens with one attached hydrogen (secondary N) is 1. The van der Waals surface area contributed by atoms with Crippen LogP contribution in [0.15, 0.2) is 0 Å². The van der Waals surface area contributed by atoms with Crippen molar-refractivity contribution < 1.29 is 9.59 Å². The second kappa shape index (κ2) is 6.40. The van der Waals surface area contributed by atoms with E-state index in [-0.39, 0.29) is 29.4 Å². The van der Waals surface area contributed by atoms with Gasteiger partial charge in [-0.25, -0.2) is 0 Å². The van der Waals surface area contributed by atoms with E-state index in [9.17, 15) is 9.59 Å². The van der Waals surface area contributed by atoms with Crippen molar-refractivity contribution in [3.05, 3.63) is 0 Å². The molecular formula is C15H28N2O2. The molecular weight excluding hydrogens is 240 g/mol. The smallest absolute Gasteiger partial charge is 0.246 e. The number of nitrogens with zero attached hydrogens (tertiary/aromatic N) is 1. The zero-order valence-electron chi connectivity index (χ0n) is 13.0. The van der Waals surface area contributed by atoms with Gasteiger partial charge in [-0.1, -0.05) is 34.1 Å². The fourth-order valence-electron chi connectivity index (χ4n) is 2.85. The van der Waals surface area contributed by atoms with Gasteiger partial charge in [0.2, 0.25) is 11.8 Å². The van der Waals surface area contributed by atoms with Crippen LogP contribution >= 0.6 is 0 Å². The summed E-state index contributed by atoms with van der Waals surface area (Å²) in [5, 5.41) is 2.89. The van der Waals surface area contributed by atoms with Crippen LogP contribution in [0.3, 0.4) is 0 Å². The number of piperazine rings is 1. The third-order valence-electron chi connectivity index (χ3n) is 4.54. The lowest BCUT2D eigenvalue weighted by atomic mass is 9.87. The lowest BCUT2D eigenvalue weighted by Crippen LogP contribution is -2.68. The number of rotatable bonds is 6. The molecule has 1 aliphatic heterocycles. The highest BCUT2D eigenvalue weighted by Gasteiger charge is 2.46. The van der Waals surface area contributed by atoms with Crippen molar-refractivity contribution in [3.8, 4) is 0 Å². The van der Waals surface area contributed by atoms with Crippen molar-refractivity contribution in [2.24, 2.45) is 0 Å². The molecule has 0 spiro atoms. The summed E-state index contributed by atoms with van der Waals surface area (Å²) >= 11 is 0. The quantitative estimate of drug-likeness (QED) is 0.804. The first kappa shape index (κ1) is 16.0. The summed E-state index contributed by atoms with van der Waals surface area (Å²) in [5.41, 5.74) is -0.221. The van der Waals surface area contributed by atoms with E-state index < -0.39 is 0 Å². The molecule has 4 nitrogen and oxygen atoms in total. The van der Waals surface area contributed by atoms with Gasteiger partial charge in [-0.2, -0.15) is 0 Å². The van der Waals surface area contributed by atoms with Crippen LogP contribution in [-0.2, 0) is 9.59 Å². The van der Waals surface area contributed by atoms with Crippen LogP contribution in [0.4, 0.5) is 0 Å². The highest BCUT2D eigenvalue weighted by atomic mass is 16.2. The van der Waals surface area contributed by atoms with E-state index in [2.05, 4.69) is 26.1 Å². The highest BCUT2D eigenvalue weighted by molar-refractivity contribution is 5.97. The minimum Gasteiger partial charge on any atom is -0.343 e. The zero-order chi connectivity index (χ0) is 14.6. The molecule has 4 heteroatoms. The van der Waals surface area contributed by atoms with Gasteiger partial charge in [-0.15, -0.1) is 0 Å². The van der Waals surface area contributed by atoms with Crippen LogP contribution in [0.5, 0.6) is 0 Å². The Kier molecular flexibility index (Phi) is 5.39. The van der Waals surface area contributed by atoms with Gasteiger partial charge in [0.25, 0.3) is 0 Å². The Balaban J connectivity index is 3.12. The molecule has 1 heterocycles. The average molecular weight is 268 g/mol. The topological polar surface area (TPSA) is 49.4 Å². The fraction of sp³-hybridized carbons (Fsp3) is 0.867. The zero-order valence-corrected chi connectivity index (χ0v) is 13.0. The van der Waals surface area contributed by atoms with Gasteiger partial charge in [0, 0.05) is 5.54 Å². The molecule has 2 unspecified atom stereocenters. The molecule has 0 aromatic heterocycles. The van der Waals surface area contributed by atoms with Crippen molar-refractivity contribution in [1.82, 2.24) is 10.2 Å². The van der Waals surface area contributed by atoms with E-state index in [0.717, 1.165) is 25.7 Å². The lowest BCUT2D eigenvalue weighted by molar-refractivity contribution is -0.157. The molecule has 2 atom stereocenters. The summed E-state index contributed by atoms with van der Waals surface area (Å²) in [7, 11) is 0. The van der Waals surface area contributed by atoms with Crippen molar-refractivity contribution >= 4 is 11.8 Å². The molecule has 2 amide bonds. The molecule has 0 bridgehead atoms. The van der Waals surface area contributed by atoms with E-state index in [1.807, 2.05) is 18.7 Å². The van der Waals surface area contributed by atoms with Gasteiger partial charge in [-0.05, 0) is 32.6 Å². The number of carbonyl (C=O) groups is 2. The molecule has 1 rings (SSSR count). The molecule has 1 saturated heterocycles. The molecule has 1 aliphatic rings. The third kappa shape index (κ3) is 2.93. The normalized spacial score (nSPS) is 24.6. The van der Waals surface area contributed by atoms with E-state index >= 15 is 0 Å². The Morgan fingerprint density at radius 3 is 2.16 bits per heavy atom. The first-order chi connectivity index (χ1) is 8.95. The summed E-state index contributed by atoms with van der Waals surface area (Å²) in [6.07, 6.45) is 4.04. The van der Waals surface area contributed by atoms with Crippen molar-refractivity contribution in [2.45, 2.75) is 84.3 Å². The van der Waals surface area contributed by atoms with Gasteiger partial charge < -0.3 is 10.2 Å².